The second-order valence-electron chi connectivity index (χ2n) is 7.33. The molecule has 2 amide bonds. The number of piperazine rings is 1. The maximum Gasteiger partial charge on any atom is 0.246 e. The predicted molar refractivity (Wildman–Crippen MR) is 104 cm³/mol. The number of nitrogens with zero attached hydrogens (tertiary/aromatic N) is 2. The van der Waals surface area contributed by atoms with Gasteiger partial charge in [0.15, 0.2) is 0 Å². The number of rotatable bonds is 6. The number of hydrogen-bond acceptors (Lipinski definition) is 4. The molecule has 0 N–H and O–H groups in total. The highest BCUT2D eigenvalue weighted by molar-refractivity contribution is 5.99. The number of carbonyl (C=O) groups excluding carboxylic acids is 2. The summed E-state index contributed by atoms with van der Waals surface area (Å²) in [5, 5.41) is 0. The molecule has 0 bridgehead atoms. The van der Waals surface area contributed by atoms with Gasteiger partial charge >= 0.3 is 0 Å². The summed E-state index contributed by atoms with van der Waals surface area (Å²) in [6.07, 6.45) is 4.51. The third-order valence-electron chi connectivity index (χ3n) is 5.56. The van der Waals surface area contributed by atoms with Crippen molar-refractivity contribution >= 4 is 17.5 Å². The largest absolute Gasteiger partial charge is 0.495 e. The van der Waals surface area contributed by atoms with Gasteiger partial charge in [-0.05, 0) is 31.4 Å². The Labute approximate surface area is 161 Å². The van der Waals surface area contributed by atoms with Gasteiger partial charge in [0.25, 0.3) is 0 Å². The molecule has 1 atom stereocenters. The van der Waals surface area contributed by atoms with Gasteiger partial charge in [0, 0.05) is 25.7 Å². The summed E-state index contributed by atoms with van der Waals surface area (Å²) in [6.45, 7) is 4.07. The Bertz CT molecular complexity index is 657. The number of amides is 2. The SMILES string of the molecule is CCCC[C@@H]1CN(c2ccccc2OC)C(=O)CN1C(=O)C1CCOCC1. The smallest absolute Gasteiger partial charge is 0.246 e. The molecule has 3 rings (SSSR count). The van der Waals surface area contributed by atoms with Crippen molar-refractivity contribution in [2.75, 3.05) is 38.3 Å². The fourth-order valence-electron chi connectivity index (χ4n) is 3.98. The van der Waals surface area contributed by atoms with Gasteiger partial charge in [-0.15, -0.1) is 0 Å². The lowest BCUT2D eigenvalue weighted by Gasteiger charge is -2.43. The highest BCUT2D eigenvalue weighted by Crippen LogP contribution is 2.32. The lowest BCUT2D eigenvalue weighted by Crippen LogP contribution is -2.59. The third kappa shape index (κ3) is 4.43. The number of unbranched alkanes of at least 4 members (excludes halogenated alkanes) is 1. The summed E-state index contributed by atoms with van der Waals surface area (Å²) in [4.78, 5) is 29.7. The standard InChI is InChI=1S/C21H30N2O4/c1-3-4-7-17-14-23(18-8-5-6-9-19(18)26-2)20(24)15-22(17)21(25)16-10-12-27-13-11-16/h5-6,8-9,16-17H,3-4,7,10-15H2,1-2H3/t17-/m1/s1. The summed E-state index contributed by atoms with van der Waals surface area (Å²) in [7, 11) is 1.61. The fraction of sp³-hybridized carbons (Fsp3) is 0.619. The topological polar surface area (TPSA) is 59.1 Å². The van der Waals surface area contributed by atoms with Crippen molar-refractivity contribution in [2.45, 2.75) is 45.1 Å². The van der Waals surface area contributed by atoms with Crippen LogP contribution in [-0.4, -0.2) is 56.2 Å². The van der Waals surface area contributed by atoms with E-state index >= 15 is 0 Å². The molecule has 2 heterocycles. The molecule has 6 nitrogen and oxygen atoms in total. The van der Waals surface area contributed by atoms with Crippen molar-refractivity contribution in [3.05, 3.63) is 24.3 Å². The first kappa shape index (κ1) is 19.7. The molecule has 0 aromatic heterocycles. The molecule has 2 fully saturated rings. The van der Waals surface area contributed by atoms with Crippen molar-refractivity contribution in [2.24, 2.45) is 5.92 Å². The molecular weight excluding hydrogens is 344 g/mol. The molecule has 0 radical (unpaired) electrons. The molecule has 1 aromatic rings. The minimum Gasteiger partial charge on any atom is -0.495 e. The van der Waals surface area contributed by atoms with Crippen molar-refractivity contribution in [1.82, 2.24) is 4.90 Å². The van der Waals surface area contributed by atoms with E-state index in [0.717, 1.165) is 37.8 Å². The number of para-hydroxylation sites is 2. The molecule has 0 unspecified atom stereocenters. The van der Waals surface area contributed by atoms with Gasteiger partial charge in [0.05, 0.1) is 18.8 Å². The van der Waals surface area contributed by atoms with Crippen LogP contribution >= 0.6 is 0 Å². The van der Waals surface area contributed by atoms with Crippen LogP contribution in [-0.2, 0) is 14.3 Å². The number of carbonyl (C=O) groups is 2. The van der Waals surface area contributed by atoms with E-state index in [1.165, 1.54) is 0 Å². The molecule has 1 aromatic carbocycles. The van der Waals surface area contributed by atoms with Crippen molar-refractivity contribution in [1.29, 1.82) is 0 Å². The monoisotopic (exact) mass is 374 g/mol. The van der Waals surface area contributed by atoms with Crippen LogP contribution < -0.4 is 9.64 Å². The molecular formula is C21H30N2O4. The zero-order valence-corrected chi connectivity index (χ0v) is 16.4. The van der Waals surface area contributed by atoms with Gasteiger partial charge in [-0.2, -0.15) is 0 Å². The van der Waals surface area contributed by atoms with Crippen LogP contribution in [0.5, 0.6) is 5.75 Å². The minimum absolute atomic E-state index is 0.0199. The maximum atomic E-state index is 13.1. The van der Waals surface area contributed by atoms with E-state index in [1.54, 1.807) is 12.0 Å². The number of benzene rings is 1. The van der Waals surface area contributed by atoms with E-state index in [0.29, 0.717) is 25.5 Å². The van der Waals surface area contributed by atoms with Crippen LogP contribution in [0.4, 0.5) is 5.69 Å². The summed E-state index contributed by atoms with van der Waals surface area (Å²) >= 11 is 0. The van der Waals surface area contributed by atoms with Gasteiger partial charge in [0.1, 0.15) is 12.3 Å². The summed E-state index contributed by atoms with van der Waals surface area (Å²) < 4.78 is 10.8. The van der Waals surface area contributed by atoms with Gasteiger partial charge < -0.3 is 19.3 Å². The number of anilines is 1. The van der Waals surface area contributed by atoms with Crippen molar-refractivity contribution in [3.8, 4) is 5.75 Å². The maximum absolute atomic E-state index is 13.1. The normalized spacial score (nSPS) is 21.4. The van der Waals surface area contributed by atoms with E-state index in [9.17, 15) is 9.59 Å². The Kier molecular flexibility index (Phi) is 6.72. The van der Waals surface area contributed by atoms with Crippen LogP contribution in [0.25, 0.3) is 0 Å². The average Bonchev–Trinajstić information content (AvgIpc) is 2.72. The summed E-state index contributed by atoms with van der Waals surface area (Å²) in [5.74, 6) is 0.734. The van der Waals surface area contributed by atoms with Crippen molar-refractivity contribution < 1.29 is 19.1 Å². The van der Waals surface area contributed by atoms with Crippen LogP contribution in [0.3, 0.4) is 0 Å². The highest BCUT2D eigenvalue weighted by Gasteiger charge is 2.38. The number of ether oxygens (including phenoxy) is 2. The van der Waals surface area contributed by atoms with Gasteiger partial charge in [0.2, 0.25) is 11.8 Å². The van der Waals surface area contributed by atoms with Crippen LogP contribution in [0.2, 0.25) is 0 Å². The van der Waals surface area contributed by atoms with Gasteiger partial charge in [-0.1, -0.05) is 31.9 Å². The lowest BCUT2D eigenvalue weighted by atomic mass is 9.95. The minimum atomic E-state index is -0.0485. The van der Waals surface area contributed by atoms with Crippen molar-refractivity contribution in [3.63, 3.8) is 0 Å². The van der Waals surface area contributed by atoms with E-state index in [4.69, 9.17) is 9.47 Å². The quantitative estimate of drug-likeness (QED) is 0.768. The lowest BCUT2D eigenvalue weighted by molar-refractivity contribution is -0.145. The summed E-state index contributed by atoms with van der Waals surface area (Å²) in [5.41, 5.74) is 0.782. The van der Waals surface area contributed by atoms with E-state index in [1.807, 2.05) is 29.2 Å². The average molecular weight is 374 g/mol. The first-order valence-electron chi connectivity index (χ1n) is 9.97. The second-order valence-corrected chi connectivity index (χ2v) is 7.33. The Morgan fingerprint density at radius 3 is 2.70 bits per heavy atom. The zero-order chi connectivity index (χ0) is 19.2. The molecule has 2 saturated heterocycles. The molecule has 2 aliphatic heterocycles. The molecule has 0 spiro atoms. The summed E-state index contributed by atoms with van der Waals surface area (Å²) in [6, 6.07) is 7.62. The van der Waals surface area contributed by atoms with E-state index in [2.05, 4.69) is 6.92 Å². The molecule has 2 aliphatic rings. The van der Waals surface area contributed by atoms with Crippen LogP contribution in [0, 0.1) is 5.92 Å². The van der Waals surface area contributed by atoms with Crippen LogP contribution in [0.1, 0.15) is 39.0 Å². The van der Waals surface area contributed by atoms with E-state index < -0.39 is 0 Å². The first-order chi connectivity index (χ1) is 13.2. The number of methoxy groups -OCH3 is 1. The number of hydrogen-bond donors (Lipinski definition) is 0. The molecule has 0 aliphatic carbocycles. The Balaban J connectivity index is 1.81. The fourth-order valence-corrected chi connectivity index (χ4v) is 3.98. The van der Waals surface area contributed by atoms with E-state index in [-0.39, 0.29) is 30.3 Å². The predicted octanol–water partition coefficient (Wildman–Crippen LogP) is 2.86. The first-order valence-corrected chi connectivity index (χ1v) is 9.97. The van der Waals surface area contributed by atoms with Gasteiger partial charge in [-0.3, -0.25) is 9.59 Å². The highest BCUT2D eigenvalue weighted by atomic mass is 16.5. The molecule has 27 heavy (non-hydrogen) atoms. The van der Waals surface area contributed by atoms with Gasteiger partial charge in [-0.25, -0.2) is 0 Å². The Morgan fingerprint density at radius 1 is 1.26 bits per heavy atom. The Morgan fingerprint density at radius 2 is 2.00 bits per heavy atom. The molecule has 148 valence electrons. The van der Waals surface area contributed by atoms with Crippen LogP contribution in [0.15, 0.2) is 24.3 Å². The molecule has 0 saturated carbocycles. The second kappa shape index (κ2) is 9.22. The third-order valence-corrected chi connectivity index (χ3v) is 5.56. The zero-order valence-electron chi connectivity index (χ0n) is 16.4. The Hall–Kier alpha value is -2.08. The molecule has 6 heteroatoms.